The predicted molar refractivity (Wildman–Crippen MR) is 126 cm³/mol. The SMILES string of the molecule is O=C(NCc1ccc(C(O)c2cccs2)s1)C(=O)Nc1cccc(N2CCCCC2=O)c1. The van der Waals surface area contributed by atoms with Crippen LogP contribution < -0.4 is 15.5 Å². The number of aliphatic hydroxyl groups excluding tert-OH is 1. The smallest absolute Gasteiger partial charge is 0.313 e. The van der Waals surface area contributed by atoms with Crippen molar-refractivity contribution in [2.24, 2.45) is 0 Å². The number of nitrogens with one attached hydrogen (secondary N) is 2. The lowest BCUT2D eigenvalue weighted by Crippen LogP contribution is -2.36. The summed E-state index contributed by atoms with van der Waals surface area (Å²) in [5, 5.41) is 17.5. The molecule has 1 atom stereocenters. The van der Waals surface area contributed by atoms with Crippen LogP contribution in [0.2, 0.25) is 0 Å². The molecule has 9 heteroatoms. The molecule has 0 bridgehead atoms. The van der Waals surface area contributed by atoms with E-state index in [1.807, 2.05) is 35.7 Å². The van der Waals surface area contributed by atoms with Gasteiger partial charge < -0.3 is 20.6 Å². The van der Waals surface area contributed by atoms with Crippen LogP contribution >= 0.6 is 22.7 Å². The first-order valence-electron chi connectivity index (χ1n) is 10.3. The second-order valence-electron chi connectivity index (χ2n) is 7.41. The highest BCUT2D eigenvalue weighted by atomic mass is 32.1. The Bertz CT molecular complexity index is 1110. The lowest BCUT2D eigenvalue weighted by Gasteiger charge is -2.27. The van der Waals surface area contributed by atoms with Gasteiger partial charge in [0.15, 0.2) is 0 Å². The van der Waals surface area contributed by atoms with Crippen molar-refractivity contribution in [1.29, 1.82) is 0 Å². The summed E-state index contributed by atoms with van der Waals surface area (Å²) in [6.07, 6.45) is 1.67. The summed E-state index contributed by atoms with van der Waals surface area (Å²) in [4.78, 5) is 40.9. The zero-order chi connectivity index (χ0) is 22.5. The first-order chi connectivity index (χ1) is 15.5. The Labute approximate surface area is 193 Å². The molecule has 0 radical (unpaired) electrons. The molecule has 3 amide bonds. The van der Waals surface area contributed by atoms with Crippen LogP contribution in [-0.4, -0.2) is 29.4 Å². The van der Waals surface area contributed by atoms with E-state index in [2.05, 4.69) is 10.6 Å². The van der Waals surface area contributed by atoms with Crippen LogP contribution in [0.4, 0.5) is 11.4 Å². The van der Waals surface area contributed by atoms with Crippen molar-refractivity contribution >= 4 is 51.8 Å². The first-order valence-corrected chi connectivity index (χ1v) is 12.0. The molecule has 3 heterocycles. The maximum absolute atomic E-state index is 12.3. The van der Waals surface area contributed by atoms with Crippen LogP contribution in [0.5, 0.6) is 0 Å². The van der Waals surface area contributed by atoms with Crippen molar-refractivity contribution in [1.82, 2.24) is 5.32 Å². The fraction of sp³-hybridized carbons (Fsp3) is 0.261. The highest BCUT2D eigenvalue weighted by Gasteiger charge is 2.21. The maximum atomic E-state index is 12.3. The molecule has 1 aliphatic heterocycles. The van der Waals surface area contributed by atoms with Crippen LogP contribution in [-0.2, 0) is 20.9 Å². The summed E-state index contributed by atoms with van der Waals surface area (Å²) in [7, 11) is 0. The topological polar surface area (TPSA) is 98.7 Å². The summed E-state index contributed by atoms with van der Waals surface area (Å²) in [6.45, 7) is 0.844. The molecule has 1 saturated heterocycles. The number of rotatable bonds is 6. The molecule has 0 saturated carbocycles. The van der Waals surface area contributed by atoms with E-state index in [1.165, 1.54) is 22.7 Å². The summed E-state index contributed by atoms with van der Waals surface area (Å²) >= 11 is 2.87. The molecule has 1 fully saturated rings. The summed E-state index contributed by atoms with van der Waals surface area (Å²) in [6, 6.07) is 14.4. The molecule has 32 heavy (non-hydrogen) atoms. The number of aliphatic hydroxyl groups is 1. The summed E-state index contributed by atoms with van der Waals surface area (Å²) < 4.78 is 0. The minimum absolute atomic E-state index is 0.0667. The van der Waals surface area contributed by atoms with Gasteiger partial charge in [0.1, 0.15) is 6.10 Å². The molecule has 3 aromatic rings. The van der Waals surface area contributed by atoms with E-state index in [-0.39, 0.29) is 12.5 Å². The number of nitrogens with zero attached hydrogens (tertiary/aromatic N) is 1. The van der Waals surface area contributed by atoms with Gasteiger partial charge in [-0.2, -0.15) is 0 Å². The zero-order valence-corrected chi connectivity index (χ0v) is 18.9. The van der Waals surface area contributed by atoms with Gasteiger partial charge in [0.2, 0.25) is 5.91 Å². The van der Waals surface area contributed by atoms with Gasteiger partial charge in [0, 0.05) is 39.0 Å². The Morgan fingerprint density at radius 3 is 2.72 bits per heavy atom. The number of hydrogen-bond acceptors (Lipinski definition) is 6. The van der Waals surface area contributed by atoms with E-state index in [4.69, 9.17) is 0 Å². The quantitative estimate of drug-likeness (QED) is 0.480. The lowest BCUT2D eigenvalue weighted by molar-refractivity contribution is -0.136. The maximum Gasteiger partial charge on any atom is 0.313 e. The fourth-order valence-electron chi connectivity index (χ4n) is 3.49. The largest absolute Gasteiger partial charge is 0.382 e. The Hall–Kier alpha value is -3.01. The van der Waals surface area contributed by atoms with E-state index in [1.54, 1.807) is 23.1 Å². The number of anilines is 2. The zero-order valence-electron chi connectivity index (χ0n) is 17.2. The monoisotopic (exact) mass is 469 g/mol. The van der Waals surface area contributed by atoms with Gasteiger partial charge in [-0.3, -0.25) is 14.4 Å². The molecule has 0 spiro atoms. The highest BCUT2D eigenvalue weighted by Crippen LogP contribution is 2.31. The number of benzene rings is 1. The molecule has 1 unspecified atom stereocenters. The van der Waals surface area contributed by atoms with E-state index >= 15 is 0 Å². The number of carbonyl (C=O) groups is 3. The average molecular weight is 470 g/mol. The molecule has 166 valence electrons. The molecule has 1 aromatic carbocycles. The molecule has 1 aliphatic rings. The van der Waals surface area contributed by atoms with Crippen molar-refractivity contribution in [3.63, 3.8) is 0 Å². The van der Waals surface area contributed by atoms with Crippen molar-refractivity contribution in [2.75, 3.05) is 16.8 Å². The molecule has 7 nitrogen and oxygen atoms in total. The minimum atomic E-state index is -0.775. The van der Waals surface area contributed by atoms with Gasteiger partial charge in [-0.15, -0.1) is 22.7 Å². The number of hydrogen-bond donors (Lipinski definition) is 3. The Morgan fingerprint density at radius 1 is 1.06 bits per heavy atom. The lowest BCUT2D eigenvalue weighted by atomic mass is 10.1. The number of thiophene rings is 2. The third kappa shape index (κ3) is 5.24. The van der Waals surface area contributed by atoms with Gasteiger partial charge in [0.25, 0.3) is 0 Å². The minimum Gasteiger partial charge on any atom is -0.382 e. The van der Waals surface area contributed by atoms with Gasteiger partial charge in [-0.1, -0.05) is 12.1 Å². The van der Waals surface area contributed by atoms with Crippen molar-refractivity contribution < 1.29 is 19.5 Å². The molecule has 3 N–H and O–H groups in total. The van der Waals surface area contributed by atoms with Crippen LogP contribution in [0.1, 0.15) is 40.0 Å². The normalized spacial score (nSPS) is 14.8. The van der Waals surface area contributed by atoms with Crippen molar-refractivity contribution in [2.45, 2.75) is 31.9 Å². The number of piperidine rings is 1. The fourth-order valence-corrected chi connectivity index (χ4v) is 5.25. The summed E-state index contributed by atoms with van der Waals surface area (Å²) in [5.41, 5.74) is 1.17. The van der Waals surface area contributed by atoms with Crippen molar-refractivity contribution in [3.05, 3.63) is 68.5 Å². The average Bonchev–Trinajstić information content (AvgIpc) is 3.50. The Kier molecular flexibility index (Phi) is 6.99. The van der Waals surface area contributed by atoms with Gasteiger partial charge >= 0.3 is 11.8 Å². The first kappa shape index (κ1) is 22.2. The Morgan fingerprint density at radius 2 is 1.94 bits per heavy atom. The van der Waals surface area contributed by atoms with Crippen LogP contribution in [0.25, 0.3) is 0 Å². The van der Waals surface area contributed by atoms with Crippen LogP contribution in [0.15, 0.2) is 53.9 Å². The van der Waals surface area contributed by atoms with E-state index in [9.17, 15) is 19.5 Å². The molecular formula is C23H23N3O4S2. The van der Waals surface area contributed by atoms with Crippen molar-refractivity contribution in [3.8, 4) is 0 Å². The van der Waals surface area contributed by atoms with Gasteiger partial charge in [0.05, 0.1) is 6.54 Å². The standard InChI is InChI=1S/C23H23N3O4S2/c27-20-8-1-2-11-26(20)16-6-3-5-15(13-16)25-23(30)22(29)24-14-17-9-10-19(32-17)21(28)18-7-4-12-31-18/h3-7,9-10,12-13,21,28H,1-2,8,11,14H2,(H,24,29)(H,25,30). The number of carbonyl (C=O) groups excluding carboxylic acids is 3. The van der Waals surface area contributed by atoms with E-state index < -0.39 is 17.9 Å². The summed E-state index contributed by atoms with van der Waals surface area (Å²) in [5.74, 6) is -1.46. The molecular weight excluding hydrogens is 446 g/mol. The van der Waals surface area contributed by atoms with Crippen LogP contribution in [0.3, 0.4) is 0 Å². The van der Waals surface area contributed by atoms with E-state index in [0.717, 1.165) is 27.5 Å². The predicted octanol–water partition coefficient (Wildman–Crippen LogP) is 3.66. The Balaban J connectivity index is 1.31. The second kappa shape index (κ2) is 10.1. The van der Waals surface area contributed by atoms with Gasteiger partial charge in [-0.05, 0) is 54.6 Å². The highest BCUT2D eigenvalue weighted by molar-refractivity contribution is 7.12. The molecule has 4 rings (SSSR count). The second-order valence-corrected chi connectivity index (χ2v) is 9.59. The van der Waals surface area contributed by atoms with Crippen LogP contribution in [0, 0.1) is 0 Å². The van der Waals surface area contributed by atoms with E-state index in [0.29, 0.717) is 24.3 Å². The third-order valence-corrected chi connectivity index (χ3v) is 7.20. The third-order valence-electron chi connectivity index (χ3n) is 5.13. The number of amides is 3. The van der Waals surface area contributed by atoms with Gasteiger partial charge in [-0.25, -0.2) is 0 Å². The molecule has 2 aromatic heterocycles. The molecule has 0 aliphatic carbocycles.